The average molecular weight is 594 g/mol. The number of pyridine rings is 1. The SMILES string of the molecule is O=C(O)NC(c1cccc(OCCCCCCCCCNC[C@H](O)c2ccc(O)c3[nH]c(=O)ccc23)c1)C1CCCCC1. The molecule has 9 nitrogen and oxygen atoms in total. The number of rotatable bonds is 17. The summed E-state index contributed by atoms with van der Waals surface area (Å²) in [5, 5.41) is 36.8. The van der Waals surface area contributed by atoms with Crippen molar-refractivity contribution in [2.75, 3.05) is 19.7 Å². The van der Waals surface area contributed by atoms with Crippen LogP contribution in [0.15, 0.2) is 53.3 Å². The molecule has 1 amide bonds. The van der Waals surface area contributed by atoms with E-state index in [9.17, 15) is 24.9 Å². The number of phenols is 1. The number of aliphatic hydroxyl groups excluding tert-OH is 1. The van der Waals surface area contributed by atoms with Crippen molar-refractivity contribution in [3.63, 3.8) is 0 Å². The van der Waals surface area contributed by atoms with E-state index in [1.54, 1.807) is 12.1 Å². The summed E-state index contributed by atoms with van der Waals surface area (Å²) in [6, 6.07) is 13.9. The van der Waals surface area contributed by atoms with Crippen LogP contribution in [0.3, 0.4) is 0 Å². The molecule has 1 fully saturated rings. The molecule has 2 atom stereocenters. The van der Waals surface area contributed by atoms with E-state index < -0.39 is 12.2 Å². The molecule has 1 heterocycles. The highest BCUT2D eigenvalue weighted by Gasteiger charge is 2.26. The van der Waals surface area contributed by atoms with Gasteiger partial charge in [0.05, 0.1) is 24.3 Å². The normalized spacial score (nSPS) is 15.3. The summed E-state index contributed by atoms with van der Waals surface area (Å²) >= 11 is 0. The minimum atomic E-state index is -0.975. The number of carbonyl (C=O) groups is 1. The highest BCUT2D eigenvalue weighted by molar-refractivity contribution is 5.87. The number of aliphatic hydroxyl groups is 1. The van der Waals surface area contributed by atoms with Crippen LogP contribution in [-0.2, 0) is 0 Å². The topological polar surface area (TPSA) is 144 Å². The smallest absolute Gasteiger partial charge is 0.405 e. The Hall–Kier alpha value is -3.56. The molecular weight excluding hydrogens is 546 g/mol. The maximum Gasteiger partial charge on any atom is 0.405 e. The number of fused-ring (bicyclic) bond motifs is 1. The van der Waals surface area contributed by atoms with Crippen LogP contribution in [0.5, 0.6) is 11.5 Å². The van der Waals surface area contributed by atoms with Gasteiger partial charge in [-0.2, -0.15) is 0 Å². The molecule has 6 N–H and O–H groups in total. The zero-order valence-corrected chi connectivity index (χ0v) is 25.0. The zero-order valence-electron chi connectivity index (χ0n) is 25.0. The summed E-state index contributed by atoms with van der Waals surface area (Å²) in [6.45, 7) is 1.88. The Bertz CT molecular complexity index is 1350. The average Bonchev–Trinajstić information content (AvgIpc) is 3.01. The summed E-state index contributed by atoms with van der Waals surface area (Å²) in [6.07, 6.45) is 11.7. The van der Waals surface area contributed by atoms with Crippen molar-refractivity contribution >= 4 is 17.0 Å². The fourth-order valence-corrected chi connectivity index (χ4v) is 6.20. The van der Waals surface area contributed by atoms with Gasteiger partial charge in [-0.1, -0.05) is 69.6 Å². The van der Waals surface area contributed by atoms with Gasteiger partial charge < -0.3 is 35.7 Å². The number of aromatic nitrogens is 1. The summed E-state index contributed by atoms with van der Waals surface area (Å²) in [5.74, 6) is 1.13. The molecule has 4 rings (SSSR count). The van der Waals surface area contributed by atoms with Crippen LogP contribution in [0, 0.1) is 5.92 Å². The number of hydrogen-bond acceptors (Lipinski definition) is 6. The van der Waals surface area contributed by atoms with Gasteiger partial charge in [0.25, 0.3) is 0 Å². The lowest BCUT2D eigenvalue weighted by Gasteiger charge is -2.30. The van der Waals surface area contributed by atoms with Crippen molar-refractivity contribution in [2.24, 2.45) is 5.92 Å². The molecule has 1 aliphatic carbocycles. The maximum atomic E-state index is 11.6. The number of ether oxygens (including phenoxy) is 1. The molecule has 1 saturated carbocycles. The van der Waals surface area contributed by atoms with E-state index in [-0.39, 0.29) is 17.4 Å². The molecule has 2 aromatic carbocycles. The third-order valence-corrected chi connectivity index (χ3v) is 8.49. The first-order valence-electron chi connectivity index (χ1n) is 15.9. The van der Waals surface area contributed by atoms with E-state index in [4.69, 9.17) is 4.74 Å². The largest absolute Gasteiger partial charge is 0.506 e. The van der Waals surface area contributed by atoms with Crippen molar-refractivity contribution in [2.45, 2.75) is 89.2 Å². The Labute approximate surface area is 253 Å². The number of benzene rings is 2. The second-order valence-corrected chi connectivity index (χ2v) is 11.7. The molecule has 0 bridgehead atoms. The van der Waals surface area contributed by atoms with Gasteiger partial charge in [-0.25, -0.2) is 4.79 Å². The third-order valence-electron chi connectivity index (χ3n) is 8.49. The second-order valence-electron chi connectivity index (χ2n) is 11.7. The first-order valence-corrected chi connectivity index (χ1v) is 15.9. The van der Waals surface area contributed by atoms with Crippen molar-refractivity contribution in [3.8, 4) is 11.5 Å². The zero-order chi connectivity index (χ0) is 30.4. The number of aromatic amines is 1. The van der Waals surface area contributed by atoms with E-state index in [1.165, 1.54) is 31.4 Å². The summed E-state index contributed by atoms with van der Waals surface area (Å²) in [5.41, 5.74) is 1.71. The Balaban J connectivity index is 1.06. The van der Waals surface area contributed by atoms with Gasteiger partial charge in [-0.3, -0.25) is 4.79 Å². The monoisotopic (exact) mass is 593 g/mol. The summed E-state index contributed by atoms with van der Waals surface area (Å²) in [7, 11) is 0. The van der Waals surface area contributed by atoms with Crippen molar-refractivity contribution < 1.29 is 24.9 Å². The quantitative estimate of drug-likeness (QED) is 0.0973. The third kappa shape index (κ3) is 10.0. The summed E-state index contributed by atoms with van der Waals surface area (Å²) in [4.78, 5) is 25.7. The van der Waals surface area contributed by atoms with Crippen LogP contribution >= 0.6 is 0 Å². The predicted molar refractivity (Wildman–Crippen MR) is 169 cm³/mol. The van der Waals surface area contributed by atoms with Crippen LogP contribution in [-0.4, -0.2) is 46.1 Å². The number of carboxylic acid groups (broad SMARTS) is 1. The van der Waals surface area contributed by atoms with Gasteiger partial charge in [-0.05, 0) is 73.5 Å². The number of phenolic OH excluding ortho intramolecular Hbond substituents is 1. The van der Waals surface area contributed by atoms with Gasteiger partial charge in [0.1, 0.15) is 11.5 Å². The molecular formula is C34H47N3O6. The molecule has 3 aromatic rings. The van der Waals surface area contributed by atoms with Crippen molar-refractivity contribution in [1.29, 1.82) is 0 Å². The fourth-order valence-electron chi connectivity index (χ4n) is 6.20. The van der Waals surface area contributed by atoms with Crippen molar-refractivity contribution in [1.82, 2.24) is 15.6 Å². The first-order chi connectivity index (χ1) is 20.9. The van der Waals surface area contributed by atoms with Crippen LogP contribution < -0.4 is 20.9 Å². The molecule has 1 unspecified atom stereocenters. The van der Waals surface area contributed by atoms with Crippen LogP contribution in [0.4, 0.5) is 4.79 Å². The Kier molecular flexibility index (Phi) is 12.7. The number of amides is 1. The van der Waals surface area contributed by atoms with E-state index in [0.717, 1.165) is 75.6 Å². The number of aromatic hydroxyl groups is 1. The molecule has 9 heteroatoms. The number of H-pyrrole nitrogens is 1. The minimum Gasteiger partial charge on any atom is -0.506 e. The van der Waals surface area contributed by atoms with E-state index in [2.05, 4.69) is 15.6 Å². The molecule has 0 aliphatic heterocycles. The molecule has 234 valence electrons. The first kappa shape index (κ1) is 32.4. The lowest BCUT2D eigenvalue weighted by molar-refractivity contribution is 0.176. The highest BCUT2D eigenvalue weighted by atomic mass is 16.5. The molecule has 1 aromatic heterocycles. The molecule has 0 saturated heterocycles. The molecule has 1 aliphatic rings. The van der Waals surface area contributed by atoms with E-state index >= 15 is 0 Å². The highest BCUT2D eigenvalue weighted by Crippen LogP contribution is 2.35. The Morgan fingerprint density at radius 2 is 1.70 bits per heavy atom. The standard InChI is InChI=1S/C34H47N3O6/c38-29-18-16-27(28-17-19-31(40)36-33(28)29)30(39)23-35-20-9-4-2-1-3-5-10-21-43-26-15-11-14-25(22-26)32(37-34(41)42)24-12-7-6-8-13-24/h11,14-19,22,24,30,32,35,37-39H,1-10,12-13,20-21,23H2,(H,36,40)(H,41,42)/t30-,32?/m0/s1. The molecule has 43 heavy (non-hydrogen) atoms. The van der Waals surface area contributed by atoms with Gasteiger partial charge in [0.15, 0.2) is 0 Å². The minimum absolute atomic E-state index is 0.00982. The maximum absolute atomic E-state index is 11.6. The van der Waals surface area contributed by atoms with Gasteiger partial charge in [0, 0.05) is 18.0 Å². The Morgan fingerprint density at radius 1 is 0.953 bits per heavy atom. The van der Waals surface area contributed by atoms with Gasteiger partial charge in [-0.15, -0.1) is 0 Å². The van der Waals surface area contributed by atoms with Gasteiger partial charge >= 0.3 is 6.09 Å². The van der Waals surface area contributed by atoms with E-state index in [0.29, 0.717) is 35.5 Å². The number of unbranched alkanes of at least 4 members (excludes halogenated alkanes) is 6. The van der Waals surface area contributed by atoms with Gasteiger partial charge in [0.2, 0.25) is 5.56 Å². The van der Waals surface area contributed by atoms with Crippen LogP contribution in [0.25, 0.3) is 10.9 Å². The molecule has 0 spiro atoms. The van der Waals surface area contributed by atoms with Crippen molar-refractivity contribution in [3.05, 3.63) is 70.0 Å². The van der Waals surface area contributed by atoms with Crippen LogP contribution in [0.1, 0.15) is 100 Å². The Morgan fingerprint density at radius 3 is 2.47 bits per heavy atom. The van der Waals surface area contributed by atoms with Crippen LogP contribution in [0.2, 0.25) is 0 Å². The molecule has 0 radical (unpaired) electrons. The predicted octanol–water partition coefficient (Wildman–Crippen LogP) is 6.56. The fraction of sp³-hybridized carbons (Fsp3) is 0.529. The number of hydrogen-bond donors (Lipinski definition) is 6. The lowest BCUT2D eigenvalue weighted by Crippen LogP contribution is -2.33. The van der Waals surface area contributed by atoms with E-state index in [1.807, 2.05) is 24.3 Å². The lowest BCUT2D eigenvalue weighted by atomic mass is 9.81. The number of nitrogens with one attached hydrogen (secondary N) is 3. The summed E-state index contributed by atoms with van der Waals surface area (Å²) < 4.78 is 6.02. The second kappa shape index (κ2) is 16.9.